The lowest BCUT2D eigenvalue weighted by atomic mass is 10.1. The van der Waals surface area contributed by atoms with E-state index in [1.807, 2.05) is 23.1 Å². The minimum Gasteiger partial charge on any atom is -0.339 e. The number of nitro groups is 1. The number of piperazine rings is 1. The van der Waals surface area contributed by atoms with Crippen molar-refractivity contribution in [3.63, 3.8) is 0 Å². The average Bonchev–Trinajstić information content (AvgIpc) is 3.35. The molecule has 3 aromatic rings. The fourth-order valence-corrected chi connectivity index (χ4v) is 3.89. The summed E-state index contributed by atoms with van der Waals surface area (Å²) in [4.78, 5) is 39.3. The second-order valence-corrected chi connectivity index (χ2v) is 7.96. The van der Waals surface area contributed by atoms with Gasteiger partial charge in [-0.2, -0.15) is 5.10 Å². The molecule has 33 heavy (non-hydrogen) atoms. The third-order valence-corrected chi connectivity index (χ3v) is 5.77. The molecule has 4 rings (SSSR count). The molecule has 170 valence electrons. The van der Waals surface area contributed by atoms with Crippen LogP contribution in [0, 0.1) is 10.1 Å². The van der Waals surface area contributed by atoms with Crippen molar-refractivity contribution in [2.45, 2.75) is 19.3 Å². The molecule has 0 saturated carbocycles. The van der Waals surface area contributed by atoms with Gasteiger partial charge in [0.1, 0.15) is 0 Å². The maximum Gasteiger partial charge on any atom is 0.269 e. The van der Waals surface area contributed by atoms with E-state index in [0.29, 0.717) is 43.9 Å². The normalized spacial score (nSPS) is 13.7. The summed E-state index contributed by atoms with van der Waals surface area (Å²) in [6.07, 6.45) is 5.30. The smallest absolute Gasteiger partial charge is 0.269 e. The van der Waals surface area contributed by atoms with Gasteiger partial charge < -0.3 is 9.80 Å². The van der Waals surface area contributed by atoms with Crippen LogP contribution in [0.2, 0.25) is 0 Å². The van der Waals surface area contributed by atoms with Crippen LogP contribution in [0.5, 0.6) is 0 Å². The third kappa shape index (κ3) is 5.43. The first kappa shape index (κ1) is 22.2. The summed E-state index contributed by atoms with van der Waals surface area (Å²) in [7, 11) is 0. The van der Waals surface area contributed by atoms with Crippen LogP contribution < -0.4 is 0 Å². The number of non-ortho nitro benzene ring substituents is 1. The number of hydrogen-bond donors (Lipinski definition) is 0. The summed E-state index contributed by atoms with van der Waals surface area (Å²) in [6.45, 7) is 2.00. The number of benzene rings is 2. The zero-order chi connectivity index (χ0) is 23.2. The van der Waals surface area contributed by atoms with Crippen LogP contribution in [-0.2, 0) is 11.2 Å². The number of carbonyl (C=O) groups excluding carboxylic acids is 2. The Hall–Kier alpha value is -4.01. The standard InChI is InChI=1S/C24H25N5O4/c30-23(8-4-7-19-5-2-1-3-6-19)26-13-15-27(16-14-26)24(31)20-17-25-28(18-20)21-9-11-22(12-10-21)29(32)33/h1-3,5-6,9-12,17-18H,4,7-8,13-16H2. The van der Waals surface area contributed by atoms with E-state index >= 15 is 0 Å². The van der Waals surface area contributed by atoms with Gasteiger partial charge in [-0.1, -0.05) is 30.3 Å². The minimum atomic E-state index is -0.463. The Balaban J connectivity index is 1.27. The summed E-state index contributed by atoms with van der Waals surface area (Å²) in [5, 5.41) is 15.0. The van der Waals surface area contributed by atoms with Gasteiger partial charge in [-0.15, -0.1) is 0 Å². The molecule has 0 unspecified atom stereocenters. The molecule has 1 fully saturated rings. The summed E-state index contributed by atoms with van der Waals surface area (Å²) in [5.74, 6) is -0.0108. The van der Waals surface area contributed by atoms with Crippen LogP contribution in [0.4, 0.5) is 5.69 Å². The molecule has 0 spiro atoms. The molecule has 2 heterocycles. The van der Waals surface area contributed by atoms with E-state index in [-0.39, 0.29) is 17.5 Å². The monoisotopic (exact) mass is 447 g/mol. The van der Waals surface area contributed by atoms with Gasteiger partial charge in [0, 0.05) is 50.9 Å². The summed E-state index contributed by atoms with van der Waals surface area (Å²) in [6, 6.07) is 16.1. The largest absolute Gasteiger partial charge is 0.339 e. The molecule has 0 N–H and O–H groups in total. The maximum absolute atomic E-state index is 12.9. The Morgan fingerprint density at radius 1 is 0.939 bits per heavy atom. The molecule has 1 aliphatic heterocycles. The quantitative estimate of drug-likeness (QED) is 0.409. The van der Waals surface area contributed by atoms with Gasteiger partial charge in [-0.05, 0) is 30.5 Å². The van der Waals surface area contributed by atoms with Crippen molar-refractivity contribution in [2.24, 2.45) is 0 Å². The third-order valence-electron chi connectivity index (χ3n) is 5.77. The van der Waals surface area contributed by atoms with Crippen LogP contribution in [0.15, 0.2) is 67.0 Å². The molecular weight excluding hydrogens is 422 g/mol. The maximum atomic E-state index is 12.9. The minimum absolute atomic E-state index is 0.00492. The Labute approximate surface area is 191 Å². The zero-order valence-corrected chi connectivity index (χ0v) is 18.2. The van der Waals surface area contributed by atoms with Crippen LogP contribution in [0.25, 0.3) is 5.69 Å². The zero-order valence-electron chi connectivity index (χ0n) is 18.2. The lowest BCUT2D eigenvalue weighted by Crippen LogP contribution is -2.50. The molecule has 0 atom stereocenters. The molecule has 1 aliphatic rings. The van der Waals surface area contributed by atoms with Crippen LogP contribution in [0.3, 0.4) is 0 Å². The molecule has 1 aromatic heterocycles. The molecule has 0 radical (unpaired) electrons. The molecule has 2 amide bonds. The van der Waals surface area contributed by atoms with Crippen LogP contribution >= 0.6 is 0 Å². The number of nitro benzene ring substituents is 1. The Bertz CT molecular complexity index is 1120. The van der Waals surface area contributed by atoms with Gasteiger partial charge in [0.25, 0.3) is 11.6 Å². The molecule has 0 bridgehead atoms. The van der Waals surface area contributed by atoms with Crippen molar-refractivity contribution < 1.29 is 14.5 Å². The van der Waals surface area contributed by atoms with Crippen molar-refractivity contribution in [3.8, 4) is 5.69 Å². The number of rotatable bonds is 7. The predicted molar refractivity (Wildman–Crippen MR) is 122 cm³/mol. The molecule has 9 nitrogen and oxygen atoms in total. The number of amides is 2. The number of carbonyl (C=O) groups is 2. The Kier molecular flexibility index (Phi) is 6.77. The molecule has 9 heteroatoms. The highest BCUT2D eigenvalue weighted by Gasteiger charge is 2.25. The van der Waals surface area contributed by atoms with Gasteiger partial charge in [0.05, 0.1) is 22.4 Å². The first-order chi connectivity index (χ1) is 16.0. The van der Waals surface area contributed by atoms with E-state index in [1.165, 1.54) is 28.6 Å². The molecule has 0 aliphatic carbocycles. The Morgan fingerprint density at radius 2 is 1.61 bits per heavy atom. The van der Waals surface area contributed by atoms with E-state index in [4.69, 9.17) is 0 Å². The van der Waals surface area contributed by atoms with Crippen molar-refractivity contribution >= 4 is 17.5 Å². The predicted octanol–water partition coefficient (Wildman–Crippen LogP) is 3.09. The highest BCUT2D eigenvalue weighted by Crippen LogP contribution is 2.16. The number of aromatic nitrogens is 2. The lowest BCUT2D eigenvalue weighted by molar-refractivity contribution is -0.384. The summed E-state index contributed by atoms with van der Waals surface area (Å²) in [5.41, 5.74) is 2.30. The lowest BCUT2D eigenvalue weighted by Gasteiger charge is -2.34. The van der Waals surface area contributed by atoms with E-state index < -0.39 is 4.92 Å². The first-order valence-corrected chi connectivity index (χ1v) is 10.9. The second-order valence-electron chi connectivity index (χ2n) is 7.96. The van der Waals surface area contributed by atoms with Crippen molar-refractivity contribution in [2.75, 3.05) is 26.2 Å². The summed E-state index contributed by atoms with van der Waals surface area (Å²) < 4.78 is 1.52. The molecule has 2 aromatic carbocycles. The van der Waals surface area contributed by atoms with Gasteiger partial charge in [-0.3, -0.25) is 19.7 Å². The van der Waals surface area contributed by atoms with Gasteiger partial charge in [0.2, 0.25) is 5.91 Å². The number of hydrogen-bond acceptors (Lipinski definition) is 5. The Morgan fingerprint density at radius 3 is 2.27 bits per heavy atom. The fraction of sp³-hybridized carbons (Fsp3) is 0.292. The number of nitrogens with zero attached hydrogens (tertiary/aromatic N) is 5. The van der Waals surface area contributed by atoms with E-state index in [2.05, 4.69) is 17.2 Å². The van der Waals surface area contributed by atoms with E-state index in [1.54, 1.807) is 23.2 Å². The highest BCUT2D eigenvalue weighted by molar-refractivity contribution is 5.94. The highest BCUT2D eigenvalue weighted by atomic mass is 16.6. The number of aryl methyl sites for hydroxylation is 1. The second kappa shape index (κ2) is 10.1. The average molecular weight is 447 g/mol. The molecular formula is C24H25N5O4. The molecule has 1 saturated heterocycles. The topological polar surface area (TPSA) is 102 Å². The van der Waals surface area contributed by atoms with Crippen LogP contribution in [0.1, 0.15) is 28.8 Å². The van der Waals surface area contributed by atoms with E-state index in [0.717, 1.165) is 12.8 Å². The van der Waals surface area contributed by atoms with Gasteiger partial charge in [0.15, 0.2) is 0 Å². The van der Waals surface area contributed by atoms with Gasteiger partial charge in [-0.25, -0.2) is 4.68 Å². The van der Waals surface area contributed by atoms with Crippen molar-refractivity contribution in [3.05, 3.63) is 88.2 Å². The van der Waals surface area contributed by atoms with Gasteiger partial charge >= 0.3 is 0 Å². The fourth-order valence-electron chi connectivity index (χ4n) is 3.89. The van der Waals surface area contributed by atoms with Crippen molar-refractivity contribution in [1.29, 1.82) is 0 Å². The first-order valence-electron chi connectivity index (χ1n) is 10.9. The summed E-state index contributed by atoms with van der Waals surface area (Å²) >= 11 is 0. The van der Waals surface area contributed by atoms with Crippen LogP contribution in [-0.4, -0.2) is 62.5 Å². The van der Waals surface area contributed by atoms with E-state index in [9.17, 15) is 19.7 Å². The van der Waals surface area contributed by atoms with Crippen molar-refractivity contribution in [1.82, 2.24) is 19.6 Å². The SMILES string of the molecule is O=C(CCCc1ccccc1)N1CCN(C(=O)c2cnn(-c3ccc([N+](=O)[O-])cc3)c2)CC1.